The van der Waals surface area contributed by atoms with Crippen molar-refractivity contribution in [2.75, 3.05) is 6.54 Å². The normalized spacial score (nSPS) is 10.6. The van der Waals surface area contributed by atoms with Crippen molar-refractivity contribution in [1.29, 1.82) is 0 Å². The third-order valence-corrected chi connectivity index (χ3v) is 2.71. The van der Waals surface area contributed by atoms with E-state index < -0.39 is 0 Å². The Labute approximate surface area is 108 Å². The Morgan fingerprint density at radius 1 is 1.06 bits per heavy atom. The van der Waals surface area contributed by atoms with Crippen LogP contribution in [-0.4, -0.2) is 21.5 Å². The predicted molar refractivity (Wildman–Crippen MR) is 72.1 cm³/mol. The van der Waals surface area contributed by atoms with Crippen LogP contribution in [0.1, 0.15) is 23.6 Å². The van der Waals surface area contributed by atoms with Crippen LogP contribution in [-0.2, 0) is 6.54 Å². The molecule has 0 atom stereocenters. The molecule has 0 saturated heterocycles. The summed E-state index contributed by atoms with van der Waals surface area (Å²) in [6, 6.07) is 2.10. The second kappa shape index (κ2) is 5.69. The number of rotatable bonds is 4. The van der Waals surface area contributed by atoms with Crippen molar-refractivity contribution in [3.05, 3.63) is 41.3 Å². The second-order valence-electron chi connectivity index (χ2n) is 4.37. The van der Waals surface area contributed by atoms with Crippen molar-refractivity contribution in [1.82, 2.24) is 20.3 Å². The van der Waals surface area contributed by atoms with E-state index in [1.165, 1.54) is 0 Å². The number of nitrogens with one attached hydrogen (secondary N) is 1. The fraction of sp³-hybridized carbons (Fsp3) is 0.357. The van der Waals surface area contributed by atoms with Gasteiger partial charge >= 0.3 is 0 Å². The Hall–Kier alpha value is -1.81. The molecule has 2 aromatic heterocycles. The summed E-state index contributed by atoms with van der Waals surface area (Å²) in [5.74, 6) is 0.688. The monoisotopic (exact) mass is 242 g/mol. The van der Waals surface area contributed by atoms with Gasteiger partial charge in [0.25, 0.3) is 0 Å². The number of hydrogen-bond acceptors (Lipinski definition) is 4. The van der Waals surface area contributed by atoms with Gasteiger partial charge in [0.1, 0.15) is 5.69 Å². The molecule has 1 N–H and O–H groups in total. The van der Waals surface area contributed by atoms with E-state index in [2.05, 4.69) is 33.3 Å². The molecule has 0 aromatic carbocycles. The Morgan fingerprint density at radius 3 is 2.39 bits per heavy atom. The number of nitrogens with zero attached hydrogens (tertiary/aromatic N) is 3. The zero-order valence-corrected chi connectivity index (χ0v) is 11.1. The van der Waals surface area contributed by atoms with E-state index in [0.29, 0.717) is 5.82 Å². The summed E-state index contributed by atoms with van der Waals surface area (Å²) in [4.78, 5) is 13.2. The highest BCUT2D eigenvalue weighted by Gasteiger charge is 2.06. The van der Waals surface area contributed by atoms with Gasteiger partial charge in [0.15, 0.2) is 5.82 Å². The smallest absolute Gasteiger partial charge is 0.178 e. The Kier molecular flexibility index (Phi) is 3.99. The first-order valence-corrected chi connectivity index (χ1v) is 6.16. The maximum atomic E-state index is 4.40. The van der Waals surface area contributed by atoms with E-state index in [1.807, 2.05) is 32.4 Å². The molecule has 0 fully saturated rings. The van der Waals surface area contributed by atoms with Gasteiger partial charge in [-0.15, -0.1) is 0 Å². The van der Waals surface area contributed by atoms with Crippen molar-refractivity contribution in [3.8, 4) is 11.5 Å². The molecule has 0 aliphatic rings. The zero-order chi connectivity index (χ0) is 13.0. The SMILES string of the molecule is CCNCc1cnc(-c2ncc(C)cc2C)nc1. The molecule has 0 unspecified atom stereocenters. The van der Waals surface area contributed by atoms with Gasteiger partial charge < -0.3 is 5.32 Å². The molecule has 0 radical (unpaired) electrons. The lowest BCUT2D eigenvalue weighted by molar-refractivity contribution is 0.721. The predicted octanol–water partition coefficient (Wildman–Crippen LogP) is 2.26. The molecule has 2 aromatic rings. The first kappa shape index (κ1) is 12.6. The van der Waals surface area contributed by atoms with Crippen molar-refractivity contribution in [3.63, 3.8) is 0 Å². The van der Waals surface area contributed by atoms with Gasteiger partial charge in [0.2, 0.25) is 0 Å². The molecule has 18 heavy (non-hydrogen) atoms. The highest BCUT2D eigenvalue weighted by Crippen LogP contribution is 2.17. The molecule has 4 heteroatoms. The third-order valence-electron chi connectivity index (χ3n) is 2.71. The van der Waals surface area contributed by atoms with Gasteiger partial charge in [-0.25, -0.2) is 9.97 Å². The van der Waals surface area contributed by atoms with E-state index in [4.69, 9.17) is 0 Å². The van der Waals surface area contributed by atoms with Gasteiger partial charge in [-0.05, 0) is 31.5 Å². The highest BCUT2D eigenvalue weighted by atomic mass is 14.9. The van der Waals surface area contributed by atoms with Crippen LogP contribution in [0.15, 0.2) is 24.7 Å². The molecule has 0 spiro atoms. The molecule has 2 rings (SSSR count). The number of aryl methyl sites for hydroxylation is 2. The van der Waals surface area contributed by atoms with Gasteiger partial charge in [-0.1, -0.05) is 13.0 Å². The average molecular weight is 242 g/mol. The number of hydrogen-bond donors (Lipinski definition) is 1. The van der Waals surface area contributed by atoms with Crippen LogP contribution < -0.4 is 5.32 Å². The Balaban J connectivity index is 2.23. The van der Waals surface area contributed by atoms with Crippen LogP contribution in [0.2, 0.25) is 0 Å². The first-order chi connectivity index (χ1) is 8.70. The van der Waals surface area contributed by atoms with E-state index >= 15 is 0 Å². The van der Waals surface area contributed by atoms with Crippen molar-refractivity contribution in [2.24, 2.45) is 0 Å². The maximum Gasteiger partial charge on any atom is 0.178 e. The molecule has 4 nitrogen and oxygen atoms in total. The Morgan fingerprint density at radius 2 is 1.78 bits per heavy atom. The van der Waals surface area contributed by atoms with Gasteiger partial charge in [-0.2, -0.15) is 0 Å². The van der Waals surface area contributed by atoms with E-state index in [-0.39, 0.29) is 0 Å². The van der Waals surface area contributed by atoms with Gasteiger partial charge in [-0.3, -0.25) is 4.98 Å². The van der Waals surface area contributed by atoms with Crippen LogP contribution in [0, 0.1) is 13.8 Å². The van der Waals surface area contributed by atoms with Gasteiger partial charge in [0, 0.05) is 30.7 Å². The topological polar surface area (TPSA) is 50.7 Å². The number of pyridine rings is 1. The fourth-order valence-electron chi connectivity index (χ4n) is 1.79. The standard InChI is InChI=1S/C14H18N4/c1-4-15-7-12-8-17-14(18-9-12)13-11(3)5-10(2)6-16-13/h5-6,8-9,15H,4,7H2,1-3H3. The van der Waals surface area contributed by atoms with E-state index in [1.54, 1.807) is 0 Å². The average Bonchev–Trinajstić information content (AvgIpc) is 2.37. The van der Waals surface area contributed by atoms with Crippen LogP contribution in [0.4, 0.5) is 0 Å². The first-order valence-electron chi connectivity index (χ1n) is 6.16. The van der Waals surface area contributed by atoms with Crippen LogP contribution >= 0.6 is 0 Å². The molecule has 0 bridgehead atoms. The molecule has 0 saturated carbocycles. The summed E-state index contributed by atoms with van der Waals surface area (Å²) in [5.41, 5.74) is 4.20. The molecule has 0 aliphatic heterocycles. The van der Waals surface area contributed by atoms with Gasteiger partial charge in [0.05, 0.1) is 0 Å². The van der Waals surface area contributed by atoms with Crippen molar-refractivity contribution >= 4 is 0 Å². The summed E-state index contributed by atoms with van der Waals surface area (Å²) in [5, 5.41) is 3.25. The lowest BCUT2D eigenvalue weighted by Crippen LogP contribution is -2.12. The minimum atomic E-state index is 0.688. The zero-order valence-electron chi connectivity index (χ0n) is 11.1. The minimum absolute atomic E-state index is 0.688. The summed E-state index contributed by atoms with van der Waals surface area (Å²) >= 11 is 0. The van der Waals surface area contributed by atoms with Crippen LogP contribution in [0.25, 0.3) is 11.5 Å². The molecule has 94 valence electrons. The van der Waals surface area contributed by atoms with Crippen LogP contribution in [0.5, 0.6) is 0 Å². The van der Waals surface area contributed by atoms with Crippen LogP contribution in [0.3, 0.4) is 0 Å². The van der Waals surface area contributed by atoms with Crippen molar-refractivity contribution < 1.29 is 0 Å². The third kappa shape index (κ3) is 2.90. The summed E-state index contributed by atoms with van der Waals surface area (Å²) in [7, 11) is 0. The maximum absolute atomic E-state index is 4.40. The lowest BCUT2D eigenvalue weighted by atomic mass is 10.1. The van der Waals surface area contributed by atoms with E-state index in [0.717, 1.165) is 35.5 Å². The summed E-state index contributed by atoms with van der Waals surface area (Å²) < 4.78 is 0. The minimum Gasteiger partial charge on any atom is -0.313 e. The number of aromatic nitrogens is 3. The summed E-state index contributed by atoms with van der Waals surface area (Å²) in [6.45, 7) is 7.89. The largest absolute Gasteiger partial charge is 0.313 e. The van der Waals surface area contributed by atoms with Crippen molar-refractivity contribution in [2.45, 2.75) is 27.3 Å². The second-order valence-corrected chi connectivity index (χ2v) is 4.37. The van der Waals surface area contributed by atoms with E-state index in [9.17, 15) is 0 Å². The molecular formula is C14H18N4. The lowest BCUT2D eigenvalue weighted by Gasteiger charge is -2.05. The molecular weight excluding hydrogens is 224 g/mol. The summed E-state index contributed by atoms with van der Waals surface area (Å²) in [6.07, 6.45) is 5.55. The molecule has 2 heterocycles. The Bertz CT molecular complexity index is 520. The highest BCUT2D eigenvalue weighted by molar-refractivity contribution is 5.54. The fourth-order valence-corrected chi connectivity index (χ4v) is 1.79. The molecule has 0 aliphatic carbocycles. The quantitative estimate of drug-likeness (QED) is 0.893. The molecule has 0 amide bonds.